The van der Waals surface area contributed by atoms with Gasteiger partial charge >= 0.3 is 5.69 Å². The number of aromatic nitrogens is 4. The van der Waals surface area contributed by atoms with Crippen LogP contribution in [0.1, 0.15) is 18.5 Å². The lowest BCUT2D eigenvalue weighted by atomic mass is 10.4. The van der Waals surface area contributed by atoms with Crippen molar-refractivity contribution in [2.24, 2.45) is 0 Å². The van der Waals surface area contributed by atoms with Crippen molar-refractivity contribution in [1.29, 1.82) is 0 Å². The average Bonchev–Trinajstić information content (AvgIpc) is 2.87. The van der Waals surface area contributed by atoms with Crippen LogP contribution in [-0.2, 0) is 0 Å². The van der Waals surface area contributed by atoms with Gasteiger partial charge in [-0.3, -0.25) is 0 Å². The van der Waals surface area contributed by atoms with Crippen LogP contribution in [-0.4, -0.2) is 32.7 Å². The highest BCUT2D eigenvalue weighted by Crippen LogP contribution is 2.18. The molecular formula is C10H13N5O. The Bertz CT molecular complexity index is 578. The maximum Gasteiger partial charge on any atom is 0.350 e. The monoisotopic (exact) mass is 219 g/mol. The minimum atomic E-state index is -0.218. The molecule has 1 fully saturated rings. The lowest BCUT2D eigenvalue weighted by molar-refractivity contribution is 0.854. The molecule has 0 saturated carbocycles. The number of nitrogens with one attached hydrogen (secondary N) is 1. The number of fused-ring (bicyclic) bond motifs is 1. The van der Waals surface area contributed by atoms with E-state index in [0.717, 1.165) is 31.6 Å². The topological polar surface area (TPSA) is 66.3 Å². The van der Waals surface area contributed by atoms with Gasteiger partial charge in [-0.1, -0.05) is 0 Å². The highest BCUT2D eigenvalue weighted by Gasteiger charge is 2.18. The molecule has 3 heterocycles. The van der Waals surface area contributed by atoms with E-state index in [1.165, 1.54) is 0 Å². The van der Waals surface area contributed by atoms with Crippen LogP contribution in [0.3, 0.4) is 0 Å². The third kappa shape index (κ3) is 1.30. The molecule has 2 aromatic heterocycles. The van der Waals surface area contributed by atoms with E-state index in [1.54, 1.807) is 10.5 Å². The molecule has 16 heavy (non-hydrogen) atoms. The molecule has 1 saturated heterocycles. The number of nitrogens with zero attached hydrogens (tertiary/aromatic N) is 4. The quantitative estimate of drug-likeness (QED) is 0.750. The van der Waals surface area contributed by atoms with Crippen molar-refractivity contribution in [1.82, 2.24) is 19.6 Å². The lowest BCUT2D eigenvalue weighted by Crippen LogP contribution is -2.26. The van der Waals surface area contributed by atoms with E-state index in [4.69, 9.17) is 0 Å². The van der Waals surface area contributed by atoms with Crippen molar-refractivity contribution in [2.45, 2.75) is 19.8 Å². The highest BCUT2D eigenvalue weighted by molar-refractivity contribution is 5.47. The SMILES string of the molecule is Cc1cc2n[nH]c(=O)n2c(N2CCCC2)n1. The number of aryl methyl sites for hydroxylation is 1. The zero-order valence-corrected chi connectivity index (χ0v) is 9.10. The second-order valence-corrected chi connectivity index (χ2v) is 4.11. The Morgan fingerprint density at radius 3 is 2.88 bits per heavy atom. The molecule has 0 bridgehead atoms. The van der Waals surface area contributed by atoms with Crippen molar-refractivity contribution in [3.05, 3.63) is 22.2 Å². The first-order valence-corrected chi connectivity index (χ1v) is 5.45. The van der Waals surface area contributed by atoms with Gasteiger partial charge in [0.05, 0.1) is 0 Å². The van der Waals surface area contributed by atoms with Gasteiger partial charge in [-0.25, -0.2) is 19.3 Å². The summed E-state index contributed by atoms with van der Waals surface area (Å²) in [6.45, 7) is 3.84. The van der Waals surface area contributed by atoms with E-state index in [0.29, 0.717) is 11.6 Å². The zero-order chi connectivity index (χ0) is 11.1. The third-order valence-corrected chi connectivity index (χ3v) is 2.90. The standard InChI is InChI=1S/C10H13N5O/c1-7-6-8-12-13-10(16)15(8)9(11-7)14-4-2-3-5-14/h6H,2-5H2,1H3,(H,13,16). The Balaban J connectivity index is 2.27. The predicted molar refractivity (Wildman–Crippen MR) is 59.8 cm³/mol. The second-order valence-electron chi connectivity index (χ2n) is 4.11. The fraction of sp³-hybridized carbons (Fsp3) is 0.500. The molecule has 0 amide bonds. The van der Waals surface area contributed by atoms with Gasteiger partial charge in [-0.15, -0.1) is 0 Å². The van der Waals surface area contributed by atoms with Gasteiger partial charge in [-0.05, 0) is 19.8 Å². The van der Waals surface area contributed by atoms with Crippen LogP contribution < -0.4 is 10.6 Å². The van der Waals surface area contributed by atoms with E-state index >= 15 is 0 Å². The third-order valence-electron chi connectivity index (χ3n) is 2.90. The summed E-state index contributed by atoms with van der Waals surface area (Å²) in [5.41, 5.74) is 1.30. The van der Waals surface area contributed by atoms with Gasteiger partial charge in [0.2, 0.25) is 5.95 Å². The zero-order valence-electron chi connectivity index (χ0n) is 9.10. The van der Waals surface area contributed by atoms with E-state index in [9.17, 15) is 4.79 Å². The summed E-state index contributed by atoms with van der Waals surface area (Å²) in [7, 11) is 0. The largest absolute Gasteiger partial charge is 0.350 e. The first-order chi connectivity index (χ1) is 7.75. The van der Waals surface area contributed by atoms with Crippen LogP contribution >= 0.6 is 0 Å². The molecule has 0 radical (unpaired) electrons. The summed E-state index contributed by atoms with van der Waals surface area (Å²) in [5, 5.41) is 6.43. The van der Waals surface area contributed by atoms with Crippen LogP contribution in [0.15, 0.2) is 10.9 Å². The number of anilines is 1. The summed E-state index contributed by atoms with van der Waals surface area (Å²) >= 11 is 0. The molecule has 0 aromatic carbocycles. The van der Waals surface area contributed by atoms with Crippen LogP contribution in [0.4, 0.5) is 5.95 Å². The van der Waals surface area contributed by atoms with Crippen LogP contribution in [0.25, 0.3) is 5.65 Å². The molecule has 0 spiro atoms. The van der Waals surface area contributed by atoms with E-state index in [2.05, 4.69) is 20.1 Å². The summed E-state index contributed by atoms with van der Waals surface area (Å²) < 4.78 is 1.54. The van der Waals surface area contributed by atoms with E-state index in [-0.39, 0.29) is 5.69 Å². The predicted octanol–water partition coefficient (Wildman–Crippen LogP) is 0.326. The van der Waals surface area contributed by atoms with Gasteiger partial charge in [0.1, 0.15) is 0 Å². The number of aromatic amines is 1. The highest BCUT2D eigenvalue weighted by atomic mass is 16.1. The summed E-state index contributed by atoms with van der Waals surface area (Å²) in [6.07, 6.45) is 2.31. The molecule has 2 aromatic rings. The smallest absolute Gasteiger partial charge is 0.342 e. The van der Waals surface area contributed by atoms with Crippen LogP contribution in [0.5, 0.6) is 0 Å². The van der Waals surface area contributed by atoms with Gasteiger partial charge in [0.15, 0.2) is 5.65 Å². The number of hydrogen-bond acceptors (Lipinski definition) is 4. The van der Waals surface area contributed by atoms with E-state index in [1.807, 2.05) is 6.92 Å². The van der Waals surface area contributed by atoms with Gasteiger partial charge in [0, 0.05) is 24.8 Å². The van der Waals surface area contributed by atoms with Gasteiger partial charge < -0.3 is 4.90 Å². The lowest BCUT2D eigenvalue weighted by Gasteiger charge is -2.17. The number of H-pyrrole nitrogens is 1. The average molecular weight is 219 g/mol. The van der Waals surface area contributed by atoms with Crippen molar-refractivity contribution >= 4 is 11.6 Å². The minimum Gasteiger partial charge on any atom is -0.342 e. The first kappa shape index (κ1) is 9.38. The van der Waals surface area contributed by atoms with Gasteiger partial charge in [0.25, 0.3) is 0 Å². The van der Waals surface area contributed by atoms with Crippen LogP contribution in [0, 0.1) is 6.92 Å². The first-order valence-electron chi connectivity index (χ1n) is 5.45. The van der Waals surface area contributed by atoms with Crippen molar-refractivity contribution in [3.63, 3.8) is 0 Å². The van der Waals surface area contributed by atoms with Crippen LogP contribution in [0.2, 0.25) is 0 Å². The number of rotatable bonds is 1. The number of hydrogen-bond donors (Lipinski definition) is 1. The summed E-state index contributed by atoms with van der Waals surface area (Å²) in [4.78, 5) is 18.2. The Morgan fingerprint density at radius 2 is 2.12 bits per heavy atom. The molecule has 6 heteroatoms. The second kappa shape index (κ2) is 3.33. The Labute approximate surface area is 91.9 Å². The Hall–Kier alpha value is -1.85. The van der Waals surface area contributed by atoms with Crippen molar-refractivity contribution in [3.8, 4) is 0 Å². The van der Waals surface area contributed by atoms with E-state index < -0.39 is 0 Å². The molecule has 1 aliphatic rings. The molecule has 1 N–H and O–H groups in total. The fourth-order valence-electron chi connectivity index (χ4n) is 2.16. The molecule has 6 nitrogen and oxygen atoms in total. The molecule has 84 valence electrons. The molecule has 0 aliphatic carbocycles. The fourth-order valence-corrected chi connectivity index (χ4v) is 2.16. The molecule has 0 atom stereocenters. The Kier molecular flexibility index (Phi) is 1.95. The maximum absolute atomic E-state index is 11.6. The molecule has 3 rings (SSSR count). The molecule has 1 aliphatic heterocycles. The minimum absolute atomic E-state index is 0.218. The van der Waals surface area contributed by atoms with Gasteiger partial charge in [-0.2, -0.15) is 5.10 Å². The maximum atomic E-state index is 11.6. The Morgan fingerprint density at radius 1 is 1.38 bits per heavy atom. The summed E-state index contributed by atoms with van der Waals surface area (Å²) in [6, 6.07) is 1.80. The summed E-state index contributed by atoms with van der Waals surface area (Å²) in [5.74, 6) is 0.714. The molecular weight excluding hydrogens is 206 g/mol. The molecule has 0 unspecified atom stereocenters. The van der Waals surface area contributed by atoms with Crippen molar-refractivity contribution < 1.29 is 0 Å². The normalized spacial score (nSPS) is 16.2. The van der Waals surface area contributed by atoms with Crippen molar-refractivity contribution in [2.75, 3.05) is 18.0 Å².